The van der Waals surface area contributed by atoms with Gasteiger partial charge in [0.05, 0.1) is 22.9 Å². The van der Waals surface area contributed by atoms with Crippen LogP contribution >= 0.6 is 0 Å². The van der Waals surface area contributed by atoms with Crippen LogP contribution in [0.3, 0.4) is 0 Å². The van der Waals surface area contributed by atoms with Gasteiger partial charge in [0.25, 0.3) is 11.8 Å². The largest absolute Gasteiger partial charge is 0.384 e. The van der Waals surface area contributed by atoms with Gasteiger partial charge in [0.2, 0.25) is 5.91 Å². The van der Waals surface area contributed by atoms with Crippen LogP contribution in [-0.2, 0) is 14.4 Å². The summed E-state index contributed by atoms with van der Waals surface area (Å²) in [6.45, 7) is 11.6. The van der Waals surface area contributed by atoms with Gasteiger partial charge in [0.15, 0.2) is 0 Å². The Morgan fingerprint density at radius 1 is 1.32 bits per heavy atom. The number of allylic oxidation sites excluding steroid dienone is 1. The second-order valence-electron chi connectivity index (χ2n) is 9.87. The standard InChI is InChI=1S/C27H36FN5O4/c1-5-32(6-2)10-11-33-9-7-8-20-24(27(33)37)15(3)21(29-20)13-18-17-12-19(28)23(31-25(35)16(4)34)14-22(17)30-26(18)36/h12-14,16,20,24,29,34H,5-11H2,1-4H3,(H,30,36)(H,31,35)/b18-13-/t16-,20?,24?/m0/s1. The van der Waals surface area contributed by atoms with Gasteiger partial charge in [-0.15, -0.1) is 0 Å². The highest BCUT2D eigenvalue weighted by molar-refractivity contribution is 6.32. The number of hydrogen-bond donors (Lipinski definition) is 4. The number of halogens is 1. The van der Waals surface area contributed by atoms with Crippen LogP contribution in [0.2, 0.25) is 0 Å². The third-order valence-electron chi connectivity index (χ3n) is 7.55. The molecule has 3 aliphatic heterocycles. The normalized spacial score (nSPS) is 23.1. The highest BCUT2D eigenvalue weighted by atomic mass is 19.1. The van der Waals surface area contributed by atoms with Crippen molar-refractivity contribution in [3.8, 4) is 0 Å². The number of benzene rings is 1. The Balaban J connectivity index is 1.58. The molecular formula is C27H36FN5O4. The first-order valence-electron chi connectivity index (χ1n) is 13.0. The summed E-state index contributed by atoms with van der Waals surface area (Å²) in [4.78, 5) is 42.4. The summed E-state index contributed by atoms with van der Waals surface area (Å²) in [5.41, 5.74) is 2.48. The monoisotopic (exact) mass is 513 g/mol. The molecule has 200 valence electrons. The first-order valence-corrected chi connectivity index (χ1v) is 13.0. The molecule has 0 radical (unpaired) electrons. The predicted octanol–water partition coefficient (Wildman–Crippen LogP) is 2.31. The number of anilines is 2. The number of rotatable bonds is 8. The van der Waals surface area contributed by atoms with Gasteiger partial charge in [-0.2, -0.15) is 0 Å². The predicted molar refractivity (Wildman–Crippen MR) is 140 cm³/mol. The minimum absolute atomic E-state index is 0.0449. The molecule has 3 amide bonds. The van der Waals surface area contributed by atoms with Gasteiger partial charge in [-0.3, -0.25) is 14.4 Å². The number of nitrogens with one attached hydrogen (secondary N) is 3. The Kier molecular flexibility index (Phi) is 7.99. The van der Waals surface area contributed by atoms with E-state index in [4.69, 9.17) is 0 Å². The summed E-state index contributed by atoms with van der Waals surface area (Å²) in [6, 6.07) is 2.49. The molecular weight excluding hydrogens is 477 g/mol. The van der Waals surface area contributed by atoms with Gasteiger partial charge in [-0.25, -0.2) is 4.39 Å². The van der Waals surface area contributed by atoms with Crippen LogP contribution in [0.4, 0.5) is 15.8 Å². The minimum atomic E-state index is -1.30. The van der Waals surface area contributed by atoms with Gasteiger partial charge in [0, 0.05) is 36.9 Å². The van der Waals surface area contributed by atoms with Gasteiger partial charge >= 0.3 is 0 Å². The molecule has 10 heteroatoms. The Morgan fingerprint density at radius 3 is 2.73 bits per heavy atom. The topological polar surface area (TPSA) is 114 Å². The van der Waals surface area contributed by atoms with Crippen molar-refractivity contribution < 1.29 is 23.9 Å². The molecule has 0 saturated carbocycles. The Morgan fingerprint density at radius 2 is 2.05 bits per heavy atom. The molecule has 0 aliphatic carbocycles. The molecule has 1 fully saturated rings. The molecule has 0 spiro atoms. The lowest BCUT2D eigenvalue weighted by Gasteiger charge is -2.27. The number of aliphatic hydroxyl groups is 1. The van der Waals surface area contributed by atoms with Crippen LogP contribution in [0.5, 0.6) is 0 Å². The van der Waals surface area contributed by atoms with E-state index in [9.17, 15) is 23.9 Å². The summed E-state index contributed by atoms with van der Waals surface area (Å²) in [5, 5.41) is 17.9. The number of nitrogens with zero attached hydrogens (tertiary/aromatic N) is 2. The van der Waals surface area contributed by atoms with Crippen molar-refractivity contribution in [3.05, 3.63) is 40.9 Å². The molecule has 1 aromatic rings. The molecule has 4 N–H and O–H groups in total. The highest BCUT2D eigenvalue weighted by Gasteiger charge is 2.41. The van der Waals surface area contributed by atoms with Gasteiger partial charge in [-0.1, -0.05) is 13.8 Å². The van der Waals surface area contributed by atoms with Crippen LogP contribution in [0, 0.1) is 11.7 Å². The molecule has 1 aromatic carbocycles. The Labute approximate surface area is 216 Å². The van der Waals surface area contributed by atoms with E-state index < -0.39 is 23.7 Å². The van der Waals surface area contributed by atoms with Crippen molar-refractivity contribution >= 4 is 34.7 Å². The maximum atomic E-state index is 14.8. The molecule has 0 aromatic heterocycles. The van der Waals surface area contributed by atoms with Gasteiger partial charge < -0.3 is 30.9 Å². The molecule has 1 saturated heterocycles. The minimum Gasteiger partial charge on any atom is -0.384 e. The van der Waals surface area contributed by atoms with E-state index in [1.54, 1.807) is 6.08 Å². The summed E-state index contributed by atoms with van der Waals surface area (Å²) in [6.07, 6.45) is 2.12. The highest BCUT2D eigenvalue weighted by Crippen LogP contribution is 2.39. The number of fused-ring (bicyclic) bond motifs is 2. The van der Waals surface area contributed by atoms with E-state index in [0.717, 1.165) is 44.6 Å². The fourth-order valence-corrected chi connectivity index (χ4v) is 5.28. The molecule has 4 rings (SSSR count). The average Bonchev–Trinajstić information content (AvgIpc) is 3.27. The number of hydrogen-bond acceptors (Lipinski definition) is 6. The van der Waals surface area contributed by atoms with Gasteiger partial charge in [-0.05, 0) is 63.6 Å². The number of aliphatic hydroxyl groups excluding tert-OH is 1. The van der Waals surface area contributed by atoms with Crippen LogP contribution in [0.15, 0.2) is 29.5 Å². The van der Waals surface area contributed by atoms with Crippen LogP contribution in [0.1, 0.15) is 46.1 Å². The zero-order valence-electron chi connectivity index (χ0n) is 21.9. The lowest BCUT2D eigenvalue weighted by atomic mass is 9.92. The smallest absolute Gasteiger partial charge is 0.256 e. The first kappa shape index (κ1) is 26.8. The fraction of sp³-hybridized carbons (Fsp3) is 0.519. The maximum Gasteiger partial charge on any atom is 0.256 e. The van der Waals surface area contributed by atoms with Crippen molar-refractivity contribution in [2.24, 2.45) is 5.92 Å². The number of carbonyl (C=O) groups is 3. The van der Waals surface area contributed by atoms with Crippen LogP contribution in [-0.4, -0.2) is 77.5 Å². The lowest BCUT2D eigenvalue weighted by molar-refractivity contribution is -0.134. The summed E-state index contributed by atoms with van der Waals surface area (Å²) >= 11 is 0. The summed E-state index contributed by atoms with van der Waals surface area (Å²) < 4.78 is 14.8. The van der Waals surface area contributed by atoms with E-state index in [1.807, 2.05) is 11.8 Å². The zero-order chi connectivity index (χ0) is 26.9. The van der Waals surface area contributed by atoms with Crippen molar-refractivity contribution in [2.45, 2.75) is 52.7 Å². The van der Waals surface area contributed by atoms with E-state index in [1.165, 1.54) is 19.1 Å². The molecule has 37 heavy (non-hydrogen) atoms. The fourth-order valence-electron chi connectivity index (χ4n) is 5.28. The summed E-state index contributed by atoms with van der Waals surface area (Å²) in [5.74, 6) is -2.05. The molecule has 3 aliphatic rings. The molecule has 3 atom stereocenters. The van der Waals surface area contributed by atoms with Crippen LogP contribution in [0.25, 0.3) is 5.57 Å². The molecule has 3 heterocycles. The van der Waals surface area contributed by atoms with Gasteiger partial charge in [0.1, 0.15) is 11.9 Å². The SMILES string of the molecule is CCN(CC)CCN1CCCC2NC(/C=C3\C(=O)Nc4cc(NC(=O)[C@H](C)O)c(F)cc43)=C(C)C2C1=O. The molecule has 0 bridgehead atoms. The third-order valence-corrected chi connectivity index (χ3v) is 7.55. The van der Waals surface area contributed by atoms with Crippen molar-refractivity contribution in [1.82, 2.24) is 15.1 Å². The number of carbonyl (C=O) groups excluding carboxylic acids is 3. The van der Waals surface area contributed by atoms with Crippen molar-refractivity contribution in [3.63, 3.8) is 0 Å². The zero-order valence-corrected chi connectivity index (χ0v) is 21.9. The Bertz CT molecular complexity index is 1160. The summed E-state index contributed by atoms with van der Waals surface area (Å²) in [7, 11) is 0. The Hall–Kier alpha value is -3.24. The first-order chi connectivity index (χ1) is 17.6. The molecule has 2 unspecified atom stereocenters. The van der Waals surface area contributed by atoms with Crippen molar-refractivity contribution in [1.29, 1.82) is 0 Å². The van der Waals surface area contributed by atoms with E-state index in [-0.39, 0.29) is 29.1 Å². The maximum absolute atomic E-state index is 14.8. The molecule has 9 nitrogen and oxygen atoms in total. The van der Waals surface area contributed by atoms with E-state index in [2.05, 4.69) is 34.7 Å². The van der Waals surface area contributed by atoms with E-state index in [0.29, 0.717) is 23.5 Å². The average molecular weight is 514 g/mol. The second-order valence-corrected chi connectivity index (χ2v) is 9.87. The van der Waals surface area contributed by atoms with Crippen molar-refractivity contribution in [2.75, 3.05) is 43.4 Å². The quantitative estimate of drug-likeness (QED) is 0.397. The number of likely N-dealkylation sites (N-methyl/N-ethyl adjacent to an activating group) is 1. The number of likely N-dealkylation sites (tertiary alicyclic amines) is 1. The third kappa shape index (κ3) is 5.40. The lowest BCUT2D eigenvalue weighted by Crippen LogP contribution is -2.43. The van der Waals surface area contributed by atoms with Crippen LogP contribution < -0.4 is 16.0 Å². The second kappa shape index (κ2) is 11.0. The van der Waals surface area contributed by atoms with E-state index >= 15 is 0 Å². The number of amides is 3.